The highest BCUT2D eigenvalue weighted by Crippen LogP contribution is 2.24. The van der Waals surface area contributed by atoms with Crippen molar-refractivity contribution in [3.8, 4) is 0 Å². The Labute approximate surface area is 108 Å². The van der Waals surface area contributed by atoms with E-state index in [1.54, 1.807) is 6.07 Å². The Kier molecular flexibility index (Phi) is 4.50. The highest BCUT2D eigenvalue weighted by atomic mass is 35.5. The Bertz CT molecular complexity index is 523. The minimum atomic E-state index is -0.589. The van der Waals surface area contributed by atoms with Gasteiger partial charge in [-0.1, -0.05) is 11.6 Å². The maximum absolute atomic E-state index is 11.5. The van der Waals surface area contributed by atoms with Gasteiger partial charge in [0.2, 0.25) is 5.96 Å². The van der Waals surface area contributed by atoms with Crippen molar-refractivity contribution >= 4 is 35.2 Å². The lowest BCUT2D eigenvalue weighted by molar-refractivity contribution is 0.0601. The van der Waals surface area contributed by atoms with Crippen LogP contribution in [0.2, 0.25) is 5.02 Å². The lowest BCUT2D eigenvalue weighted by atomic mass is 10.2. The molecule has 6 N–H and O–H groups in total. The van der Waals surface area contributed by atoms with Crippen LogP contribution < -0.4 is 17.2 Å². The first kappa shape index (κ1) is 13.8. The van der Waals surface area contributed by atoms with Gasteiger partial charge < -0.3 is 21.9 Å². The third kappa shape index (κ3) is 3.63. The summed E-state index contributed by atoms with van der Waals surface area (Å²) in [4.78, 5) is 18.9. The highest BCUT2D eigenvalue weighted by molar-refractivity contribution is 6.31. The molecule has 8 heteroatoms. The van der Waals surface area contributed by atoms with Gasteiger partial charge in [-0.15, -0.1) is 0 Å². The van der Waals surface area contributed by atoms with E-state index in [2.05, 4.69) is 14.7 Å². The lowest BCUT2D eigenvalue weighted by Crippen LogP contribution is -2.26. The molecule has 0 heterocycles. The second kappa shape index (κ2) is 5.87. The largest absolute Gasteiger partial charge is 0.465 e. The smallest absolute Gasteiger partial charge is 0.340 e. The van der Waals surface area contributed by atoms with Gasteiger partial charge in [0, 0.05) is 5.02 Å². The van der Waals surface area contributed by atoms with Crippen LogP contribution in [0.4, 0.5) is 5.69 Å². The number of methoxy groups -OCH3 is 1. The SMILES string of the molecule is COC(=O)c1cc(Cl)ccc1N=C(N)N=C(N)N. The van der Waals surface area contributed by atoms with E-state index in [0.717, 1.165) is 0 Å². The van der Waals surface area contributed by atoms with Crippen molar-refractivity contribution < 1.29 is 9.53 Å². The summed E-state index contributed by atoms with van der Waals surface area (Å²) in [6, 6.07) is 4.47. The third-order valence-corrected chi connectivity index (χ3v) is 2.08. The Morgan fingerprint density at radius 1 is 1.33 bits per heavy atom. The van der Waals surface area contributed by atoms with E-state index in [9.17, 15) is 4.79 Å². The van der Waals surface area contributed by atoms with Crippen LogP contribution in [-0.2, 0) is 4.74 Å². The number of hydrogen-bond acceptors (Lipinski definition) is 3. The fraction of sp³-hybridized carbons (Fsp3) is 0.100. The van der Waals surface area contributed by atoms with Crippen molar-refractivity contribution in [2.45, 2.75) is 0 Å². The molecule has 0 fully saturated rings. The molecule has 0 aliphatic rings. The van der Waals surface area contributed by atoms with Crippen LogP contribution in [0.5, 0.6) is 0 Å². The van der Waals surface area contributed by atoms with Gasteiger partial charge in [-0.25, -0.2) is 9.79 Å². The highest BCUT2D eigenvalue weighted by Gasteiger charge is 2.12. The number of benzene rings is 1. The number of aliphatic imine (C=N–C) groups is 2. The van der Waals surface area contributed by atoms with Crippen molar-refractivity contribution in [2.75, 3.05) is 7.11 Å². The summed E-state index contributed by atoms with van der Waals surface area (Å²) >= 11 is 5.78. The van der Waals surface area contributed by atoms with Crippen LogP contribution in [0, 0.1) is 0 Å². The molecule has 0 radical (unpaired) electrons. The molecule has 1 rings (SSSR count). The van der Waals surface area contributed by atoms with Gasteiger partial charge >= 0.3 is 5.97 Å². The molecule has 1 aromatic rings. The Morgan fingerprint density at radius 2 is 2.00 bits per heavy atom. The third-order valence-electron chi connectivity index (χ3n) is 1.84. The van der Waals surface area contributed by atoms with Gasteiger partial charge in [0.1, 0.15) is 0 Å². The predicted molar refractivity (Wildman–Crippen MR) is 69.9 cm³/mol. The van der Waals surface area contributed by atoms with Crippen LogP contribution in [0.15, 0.2) is 28.2 Å². The molecule has 1 aromatic carbocycles. The molecule has 0 spiro atoms. The summed E-state index contributed by atoms with van der Waals surface area (Å²) in [5.41, 5.74) is 16.2. The summed E-state index contributed by atoms with van der Waals surface area (Å²) in [5.74, 6) is -0.999. The molecule has 0 saturated heterocycles. The Balaban J connectivity index is 3.24. The monoisotopic (exact) mass is 269 g/mol. The van der Waals surface area contributed by atoms with Crippen molar-refractivity contribution in [1.29, 1.82) is 0 Å². The minimum Gasteiger partial charge on any atom is -0.465 e. The molecule has 7 nitrogen and oxygen atoms in total. The van der Waals surface area contributed by atoms with E-state index < -0.39 is 5.97 Å². The molecule has 0 aliphatic carbocycles. The van der Waals surface area contributed by atoms with E-state index in [0.29, 0.717) is 5.02 Å². The number of guanidine groups is 2. The first-order chi connectivity index (χ1) is 8.43. The molecular formula is C10H12ClN5O2. The molecular weight excluding hydrogens is 258 g/mol. The topological polar surface area (TPSA) is 129 Å². The number of nitrogens with two attached hydrogens (primary N) is 3. The van der Waals surface area contributed by atoms with Crippen molar-refractivity contribution in [2.24, 2.45) is 27.2 Å². The summed E-state index contributed by atoms with van der Waals surface area (Å²) < 4.78 is 4.60. The summed E-state index contributed by atoms with van der Waals surface area (Å²) in [5, 5.41) is 0.370. The average Bonchev–Trinajstić information content (AvgIpc) is 2.29. The van der Waals surface area contributed by atoms with Crippen molar-refractivity contribution in [3.63, 3.8) is 0 Å². The number of rotatable bonds is 2. The first-order valence-corrected chi connectivity index (χ1v) is 5.13. The number of halogens is 1. The van der Waals surface area contributed by atoms with Crippen LogP contribution in [-0.4, -0.2) is 25.0 Å². The van der Waals surface area contributed by atoms with E-state index in [4.69, 9.17) is 28.8 Å². The first-order valence-electron chi connectivity index (χ1n) is 4.75. The minimum absolute atomic E-state index is 0.166. The molecule has 0 unspecified atom stereocenters. The zero-order valence-corrected chi connectivity index (χ0v) is 10.3. The summed E-state index contributed by atoms with van der Waals surface area (Å²) in [6.45, 7) is 0. The molecule has 96 valence electrons. The second-order valence-corrected chi connectivity index (χ2v) is 3.60. The van der Waals surface area contributed by atoms with Gasteiger partial charge in [-0.3, -0.25) is 0 Å². The standard InChI is InChI=1S/C10H12ClN5O2/c1-18-8(17)6-4-5(11)2-3-7(6)15-10(14)16-9(12)13/h2-4H,1H3,(H6,12,13,14,15,16). The van der Waals surface area contributed by atoms with Crippen molar-refractivity contribution in [3.05, 3.63) is 28.8 Å². The maximum atomic E-state index is 11.5. The fourth-order valence-electron chi connectivity index (χ4n) is 1.16. The summed E-state index contributed by atoms with van der Waals surface area (Å²) in [6.07, 6.45) is 0. The van der Waals surface area contributed by atoms with E-state index in [1.165, 1.54) is 19.2 Å². The van der Waals surface area contributed by atoms with Gasteiger partial charge in [0.25, 0.3) is 0 Å². The number of carbonyl (C=O) groups excluding carboxylic acids is 1. The van der Waals surface area contributed by atoms with E-state index in [-0.39, 0.29) is 23.2 Å². The average molecular weight is 270 g/mol. The van der Waals surface area contributed by atoms with Crippen LogP contribution >= 0.6 is 11.6 Å². The predicted octanol–water partition coefficient (Wildman–Crippen LogP) is 0.346. The molecule has 0 amide bonds. The quantitative estimate of drug-likeness (QED) is 0.405. The number of nitrogens with zero attached hydrogens (tertiary/aromatic N) is 2. The molecule has 0 bridgehead atoms. The fourth-order valence-corrected chi connectivity index (χ4v) is 1.33. The van der Waals surface area contributed by atoms with Gasteiger partial charge in [0.15, 0.2) is 5.96 Å². The lowest BCUT2D eigenvalue weighted by Gasteiger charge is -2.04. The zero-order valence-electron chi connectivity index (χ0n) is 9.55. The van der Waals surface area contributed by atoms with Crippen LogP contribution in [0.1, 0.15) is 10.4 Å². The van der Waals surface area contributed by atoms with Gasteiger partial charge in [-0.05, 0) is 18.2 Å². The maximum Gasteiger partial charge on any atom is 0.340 e. The Morgan fingerprint density at radius 3 is 2.56 bits per heavy atom. The number of carbonyl (C=O) groups is 1. The molecule has 0 aromatic heterocycles. The zero-order chi connectivity index (χ0) is 13.7. The number of hydrogen-bond donors (Lipinski definition) is 3. The second-order valence-electron chi connectivity index (χ2n) is 3.16. The number of esters is 1. The molecule has 18 heavy (non-hydrogen) atoms. The molecule has 0 saturated carbocycles. The normalized spacial score (nSPS) is 10.9. The summed E-state index contributed by atoms with van der Waals surface area (Å²) in [7, 11) is 1.25. The van der Waals surface area contributed by atoms with Crippen LogP contribution in [0.3, 0.4) is 0 Å². The van der Waals surface area contributed by atoms with Gasteiger partial charge in [0.05, 0.1) is 18.4 Å². The van der Waals surface area contributed by atoms with E-state index >= 15 is 0 Å². The molecule has 0 aliphatic heterocycles. The van der Waals surface area contributed by atoms with Gasteiger partial charge in [-0.2, -0.15) is 4.99 Å². The van der Waals surface area contributed by atoms with Crippen molar-refractivity contribution in [1.82, 2.24) is 0 Å². The Hall–Kier alpha value is -2.28. The number of ether oxygens (including phenoxy) is 1. The van der Waals surface area contributed by atoms with Crippen LogP contribution in [0.25, 0.3) is 0 Å². The molecule has 0 atom stereocenters. The van der Waals surface area contributed by atoms with E-state index in [1.807, 2.05) is 0 Å².